The van der Waals surface area contributed by atoms with E-state index in [0.29, 0.717) is 5.75 Å². The first-order valence-corrected chi connectivity index (χ1v) is 5.00. The third-order valence-corrected chi connectivity index (χ3v) is 3.09. The van der Waals surface area contributed by atoms with Crippen molar-refractivity contribution in [2.45, 2.75) is 24.9 Å². The molecule has 1 fully saturated rings. The second kappa shape index (κ2) is 2.72. The largest absolute Gasteiger partial charge is 0.475 e. The molecule has 1 N–H and O–H groups in total. The maximum absolute atomic E-state index is 13.3. The van der Waals surface area contributed by atoms with E-state index in [1.165, 1.54) is 6.07 Å². The lowest BCUT2D eigenvalue weighted by molar-refractivity contribution is -0.140. The van der Waals surface area contributed by atoms with Gasteiger partial charge >= 0.3 is 0 Å². The first-order valence-electron chi connectivity index (χ1n) is 5.00. The summed E-state index contributed by atoms with van der Waals surface area (Å²) in [6.07, 6.45) is 2.42. The molecule has 1 aliphatic carbocycles. The minimum absolute atomic E-state index is 0.167. The van der Waals surface area contributed by atoms with Crippen molar-refractivity contribution < 1.29 is 13.9 Å². The summed E-state index contributed by atoms with van der Waals surface area (Å²) >= 11 is 0. The fourth-order valence-corrected chi connectivity index (χ4v) is 2.02. The van der Waals surface area contributed by atoms with Crippen molar-refractivity contribution in [3.05, 3.63) is 24.0 Å². The number of para-hydroxylation sites is 1. The maximum atomic E-state index is 13.3. The van der Waals surface area contributed by atoms with Gasteiger partial charge in [-0.25, -0.2) is 4.39 Å². The Morgan fingerprint density at radius 1 is 1.40 bits per heavy atom. The normalized spacial score (nSPS) is 21.3. The van der Waals surface area contributed by atoms with Gasteiger partial charge in [-0.15, -0.1) is 0 Å². The van der Waals surface area contributed by atoms with Gasteiger partial charge in [-0.2, -0.15) is 0 Å². The summed E-state index contributed by atoms with van der Waals surface area (Å²) < 4.78 is 18.9. The standard InChI is InChI=1S/C11H10FNO2/c12-7-3-1-4-8-9(7)13-10(14)11(15-8)5-2-6-11/h1,3-4H,2,5-6H2,(H,13,14). The van der Waals surface area contributed by atoms with Crippen molar-refractivity contribution in [3.63, 3.8) is 0 Å². The molecule has 0 bridgehead atoms. The number of nitrogens with one attached hydrogen (secondary N) is 1. The quantitative estimate of drug-likeness (QED) is 0.707. The third kappa shape index (κ3) is 1.07. The van der Waals surface area contributed by atoms with E-state index in [4.69, 9.17) is 4.74 Å². The molecule has 0 atom stereocenters. The SMILES string of the molecule is O=C1Nc2c(F)cccc2OC12CCC2. The maximum Gasteiger partial charge on any atom is 0.268 e. The Balaban J connectivity index is 2.06. The number of amides is 1. The van der Waals surface area contributed by atoms with Crippen molar-refractivity contribution >= 4 is 11.6 Å². The summed E-state index contributed by atoms with van der Waals surface area (Å²) in [5.74, 6) is -0.226. The van der Waals surface area contributed by atoms with Crippen LogP contribution in [0.4, 0.5) is 10.1 Å². The number of fused-ring (bicyclic) bond motifs is 1. The molecule has 0 unspecified atom stereocenters. The highest BCUT2D eigenvalue weighted by Crippen LogP contribution is 2.44. The van der Waals surface area contributed by atoms with Gasteiger partial charge in [0.25, 0.3) is 5.91 Å². The highest BCUT2D eigenvalue weighted by atomic mass is 19.1. The molecule has 1 amide bonds. The number of anilines is 1. The molecule has 4 heteroatoms. The van der Waals surface area contributed by atoms with Crippen molar-refractivity contribution in [3.8, 4) is 5.75 Å². The summed E-state index contributed by atoms with van der Waals surface area (Å²) in [5.41, 5.74) is -0.555. The molecule has 2 aliphatic rings. The van der Waals surface area contributed by atoms with Crippen LogP contribution in [0, 0.1) is 5.82 Å². The molecule has 1 heterocycles. The van der Waals surface area contributed by atoms with Gasteiger partial charge < -0.3 is 10.1 Å². The van der Waals surface area contributed by atoms with Crippen molar-refractivity contribution in [1.29, 1.82) is 0 Å². The van der Waals surface area contributed by atoms with Crippen LogP contribution in [0.1, 0.15) is 19.3 Å². The second-order valence-electron chi connectivity index (χ2n) is 4.02. The predicted molar refractivity (Wildman–Crippen MR) is 52.2 cm³/mol. The zero-order valence-corrected chi connectivity index (χ0v) is 8.05. The molecular weight excluding hydrogens is 197 g/mol. The Bertz CT molecular complexity index is 440. The van der Waals surface area contributed by atoms with E-state index >= 15 is 0 Å². The number of hydrogen-bond acceptors (Lipinski definition) is 2. The zero-order valence-electron chi connectivity index (χ0n) is 8.05. The molecule has 0 aromatic heterocycles. The fourth-order valence-electron chi connectivity index (χ4n) is 2.02. The second-order valence-corrected chi connectivity index (χ2v) is 4.02. The molecule has 78 valence electrons. The summed E-state index contributed by atoms with van der Waals surface area (Å²) in [4.78, 5) is 11.7. The van der Waals surface area contributed by atoms with Crippen molar-refractivity contribution in [2.75, 3.05) is 5.32 Å². The van der Waals surface area contributed by atoms with Crippen LogP contribution >= 0.6 is 0 Å². The van der Waals surface area contributed by atoms with Gasteiger partial charge in [0, 0.05) is 0 Å². The minimum Gasteiger partial charge on any atom is -0.475 e. The van der Waals surface area contributed by atoms with E-state index < -0.39 is 11.4 Å². The molecule has 1 spiro atoms. The molecule has 1 aliphatic heterocycles. The van der Waals surface area contributed by atoms with E-state index in [0.717, 1.165) is 19.3 Å². The fraction of sp³-hybridized carbons (Fsp3) is 0.364. The smallest absolute Gasteiger partial charge is 0.268 e. The summed E-state index contributed by atoms with van der Waals surface area (Å²) in [6.45, 7) is 0. The molecule has 1 aromatic rings. The molecule has 3 nitrogen and oxygen atoms in total. The van der Waals surface area contributed by atoms with Gasteiger partial charge in [0.15, 0.2) is 11.4 Å². The Labute approximate surface area is 86.2 Å². The summed E-state index contributed by atoms with van der Waals surface area (Å²) in [5, 5.41) is 2.58. The van der Waals surface area contributed by atoms with Crippen LogP contribution in [0.25, 0.3) is 0 Å². The first kappa shape index (κ1) is 8.71. The van der Waals surface area contributed by atoms with E-state index in [-0.39, 0.29) is 11.6 Å². The lowest BCUT2D eigenvalue weighted by Crippen LogP contribution is -2.55. The number of carbonyl (C=O) groups excluding carboxylic acids is 1. The Hall–Kier alpha value is -1.58. The molecule has 1 saturated carbocycles. The number of halogens is 1. The number of ether oxygens (including phenoxy) is 1. The number of carbonyl (C=O) groups is 1. The van der Waals surface area contributed by atoms with Crippen LogP contribution in [0.3, 0.4) is 0 Å². The molecule has 3 rings (SSSR count). The van der Waals surface area contributed by atoms with Gasteiger partial charge in [0.05, 0.1) is 0 Å². The van der Waals surface area contributed by atoms with Crippen molar-refractivity contribution in [2.24, 2.45) is 0 Å². The van der Waals surface area contributed by atoms with Gasteiger partial charge in [-0.1, -0.05) is 6.07 Å². The van der Waals surface area contributed by atoms with Crippen LogP contribution in [-0.4, -0.2) is 11.5 Å². The van der Waals surface area contributed by atoms with Crippen LogP contribution < -0.4 is 10.1 Å². The molecule has 1 aromatic carbocycles. The molecular formula is C11H10FNO2. The van der Waals surface area contributed by atoms with Crippen LogP contribution in [0.2, 0.25) is 0 Å². The average Bonchev–Trinajstić information content (AvgIpc) is 2.16. The molecule has 15 heavy (non-hydrogen) atoms. The molecule has 0 saturated heterocycles. The van der Waals surface area contributed by atoms with Gasteiger partial charge in [-0.3, -0.25) is 4.79 Å². The van der Waals surface area contributed by atoms with Crippen molar-refractivity contribution in [1.82, 2.24) is 0 Å². The number of rotatable bonds is 0. The van der Waals surface area contributed by atoms with E-state index in [1.807, 2.05) is 0 Å². The Morgan fingerprint density at radius 2 is 2.20 bits per heavy atom. The average molecular weight is 207 g/mol. The highest BCUT2D eigenvalue weighted by molar-refractivity contribution is 6.01. The predicted octanol–water partition coefficient (Wildman–Crippen LogP) is 2.08. The highest BCUT2D eigenvalue weighted by Gasteiger charge is 2.49. The Morgan fingerprint density at radius 3 is 2.87 bits per heavy atom. The van der Waals surface area contributed by atoms with Gasteiger partial charge in [-0.05, 0) is 31.4 Å². The van der Waals surface area contributed by atoms with Gasteiger partial charge in [0.1, 0.15) is 11.4 Å². The third-order valence-electron chi connectivity index (χ3n) is 3.09. The number of hydrogen-bond donors (Lipinski definition) is 1. The van der Waals surface area contributed by atoms with Crippen LogP contribution in [0.5, 0.6) is 5.75 Å². The van der Waals surface area contributed by atoms with E-state index in [9.17, 15) is 9.18 Å². The van der Waals surface area contributed by atoms with E-state index in [1.54, 1.807) is 12.1 Å². The monoisotopic (exact) mass is 207 g/mol. The van der Waals surface area contributed by atoms with Crippen LogP contribution in [0.15, 0.2) is 18.2 Å². The first-order chi connectivity index (χ1) is 7.21. The van der Waals surface area contributed by atoms with E-state index in [2.05, 4.69) is 5.32 Å². The zero-order chi connectivity index (χ0) is 10.5. The molecule has 0 radical (unpaired) electrons. The minimum atomic E-state index is -0.721. The van der Waals surface area contributed by atoms with Gasteiger partial charge in [0.2, 0.25) is 0 Å². The van der Waals surface area contributed by atoms with Crippen LogP contribution in [-0.2, 0) is 4.79 Å². The summed E-state index contributed by atoms with van der Waals surface area (Å²) in [7, 11) is 0. The lowest BCUT2D eigenvalue weighted by Gasteiger charge is -2.43. The number of benzene rings is 1. The summed E-state index contributed by atoms with van der Waals surface area (Å²) in [6, 6.07) is 4.57. The Kier molecular flexibility index (Phi) is 1.58. The topological polar surface area (TPSA) is 38.3 Å². The lowest BCUT2D eigenvalue weighted by atomic mass is 9.78.